The highest BCUT2D eigenvalue weighted by atomic mass is 35.5. The number of nitrogens with zero attached hydrogens (tertiary/aromatic N) is 3. The molecule has 1 fully saturated rings. The molecule has 2 unspecified atom stereocenters. The zero-order chi connectivity index (χ0) is 26.0. The molecule has 3 aromatic rings. The van der Waals surface area contributed by atoms with Crippen molar-refractivity contribution < 1.29 is 36.2 Å². The van der Waals surface area contributed by atoms with Crippen LogP contribution in [0.4, 0.5) is 13.2 Å². The molecule has 0 radical (unpaired) electrons. The van der Waals surface area contributed by atoms with Gasteiger partial charge in [-0.1, -0.05) is 35.9 Å². The second-order valence-corrected chi connectivity index (χ2v) is 9.07. The molecule has 4 rings (SSSR count). The number of halogens is 4. The van der Waals surface area contributed by atoms with E-state index in [4.69, 9.17) is 21.1 Å². The highest BCUT2D eigenvalue weighted by Gasteiger charge is 2.32. The van der Waals surface area contributed by atoms with Crippen LogP contribution in [0.15, 0.2) is 48.5 Å². The van der Waals surface area contributed by atoms with Gasteiger partial charge in [-0.3, -0.25) is 14.4 Å². The molecule has 2 atom stereocenters. The lowest BCUT2D eigenvalue weighted by Crippen LogP contribution is -2.52. The number of nitrogens with one attached hydrogen (secondary N) is 1. The van der Waals surface area contributed by atoms with Gasteiger partial charge in [-0.05, 0) is 35.3 Å². The molecule has 9 nitrogen and oxygen atoms in total. The first-order valence-corrected chi connectivity index (χ1v) is 12.0. The van der Waals surface area contributed by atoms with Gasteiger partial charge in [0.15, 0.2) is 11.4 Å². The Morgan fingerprint density at radius 2 is 1.94 bits per heavy atom. The lowest BCUT2D eigenvalue weighted by Gasteiger charge is -2.33. The smallest absolute Gasteiger partial charge is 0.416 e. The van der Waals surface area contributed by atoms with Gasteiger partial charge in [0.25, 0.3) is 5.91 Å². The van der Waals surface area contributed by atoms with E-state index in [9.17, 15) is 26.7 Å². The van der Waals surface area contributed by atoms with E-state index >= 15 is 0 Å². The number of hydrogen-bond donors (Lipinski definition) is 1. The highest BCUT2D eigenvalue weighted by Crippen LogP contribution is 2.38. The second-order valence-electron chi connectivity index (χ2n) is 7.62. The van der Waals surface area contributed by atoms with Crippen LogP contribution in [-0.2, 0) is 22.0 Å². The summed E-state index contributed by atoms with van der Waals surface area (Å²) in [6.45, 7) is 0.181. The summed E-state index contributed by atoms with van der Waals surface area (Å²) in [6.07, 6.45) is -4.53. The van der Waals surface area contributed by atoms with Crippen molar-refractivity contribution in [2.75, 3.05) is 26.8 Å². The summed E-state index contributed by atoms with van der Waals surface area (Å²) >= 11 is 3.85. The van der Waals surface area contributed by atoms with E-state index in [0.717, 1.165) is 12.1 Å². The molecule has 192 valence electrons. The Bertz CT molecular complexity index is 1290. The number of hydrogen-bond acceptors (Lipinski definition) is 7. The second kappa shape index (κ2) is 10.6. The first-order valence-electron chi connectivity index (χ1n) is 10.4. The van der Waals surface area contributed by atoms with Gasteiger partial charge < -0.3 is 14.0 Å². The fourth-order valence-corrected chi connectivity index (χ4v) is 4.37. The fraction of sp³-hybridized carbons (Fsp3) is 0.273. The molecule has 1 aromatic heterocycles. The predicted octanol–water partition coefficient (Wildman–Crippen LogP) is 3.40. The zero-order valence-electron chi connectivity index (χ0n) is 18.6. The number of carbonyl (C=O) groups excluding carboxylic acids is 1. The van der Waals surface area contributed by atoms with E-state index in [2.05, 4.69) is 10.5 Å². The van der Waals surface area contributed by atoms with E-state index in [0.29, 0.717) is 11.3 Å². The Hall–Kier alpha value is -2.97. The number of aromatic nitrogens is 2. The fourth-order valence-electron chi connectivity index (χ4n) is 3.65. The molecule has 0 spiro atoms. The minimum absolute atomic E-state index is 0.00982. The van der Waals surface area contributed by atoms with Crippen molar-refractivity contribution in [3.8, 4) is 22.7 Å². The summed E-state index contributed by atoms with van der Waals surface area (Å²) in [5.74, 6) is -0.729. The Morgan fingerprint density at radius 3 is 2.56 bits per heavy atom. The molecule has 1 amide bonds. The van der Waals surface area contributed by atoms with Crippen molar-refractivity contribution in [1.29, 1.82) is 0 Å². The van der Waals surface area contributed by atoms with Gasteiger partial charge in [0.1, 0.15) is 11.1 Å². The first kappa shape index (κ1) is 26.1. The van der Waals surface area contributed by atoms with Gasteiger partial charge in [-0.25, -0.2) is 9.69 Å². The monoisotopic (exact) mass is 543 g/mol. The van der Waals surface area contributed by atoms with Crippen LogP contribution in [0.1, 0.15) is 16.1 Å². The number of benzene rings is 2. The van der Waals surface area contributed by atoms with Crippen molar-refractivity contribution in [1.82, 2.24) is 20.2 Å². The van der Waals surface area contributed by atoms with Gasteiger partial charge in [0.2, 0.25) is 0 Å². The maximum absolute atomic E-state index is 13.2. The average Bonchev–Trinajstić information content (AvgIpc) is 3.23. The summed E-state index contributed by atoms with van der Waals surface area (Å²) in [7, 11) is 1.30. The molecule has 0 bridgehead atoms. The molecule has 0 aliphatic carbocycles. The zero-order valence-corrected chi connectivity index (χ0v) is 20.2. The van der Waals surface area contributed by atoms with E-state index in [1.165, 1.54) is 28.9 Å². The third kappa shape index (κ3) is 5.39. The number of alkyl halides is 3. The SMILES string of the molecule is COc1c(C(=O)NN2CCOC(S(=O)[O-])C2)nn(-c2ccccc2Cl)c1-c1ccc(C(F)(F)F)cc1. The minimum Gasteiger partial charge on any atom is -0.770 e. The number of amides is 1. The van der Waals surface area contributed by atoms with Crippen molar-refractivity contribution >= 4 is 28.6 Å². The molecule has 1 aliphatic rings. The van der Waals surface area contributed by atoms with Crippen LogP contribution in [0.2, 0.25) is 5.02 Å². The Balaban J connectivity index is 1.78. The predicted molar refractivity (Wildman–Crippen MR) is 123 cm³/mol. The number of hydrazine groups is 1. The summed E-state index contributed by atoms with van der Waals surface area (Å²) in [4.78, 5) is 13.2. The van der Waals surface area contributed by atoms with E-state index in [1.54, 1.807) is 24.3 Å². The number of rotatable bonds is 6. The van der Waals surface area contributed by atoms with Gasteiger partial charge in [0, 0.05) is 12.1 Å². The lowest BCUT2D eigenvalue weighted by atomic mass is 10.1. The quantitative estimate of drug-likeness (QED) is 0.475. The van der Waals surface area contributed by atoms with E-state index in [-0.39, 0.29) is 41.9 Å². The summed E-state index contributed by atoms with van der Waals surface area (Å²) in [6, 6.07) is 10.9. The van der Waals surface area contributed by atoms with Crippen molar-refractivity contribution in [2.45, 2.75) is 11.6 Å². The molecule has 2 aromatic carbocycles. The van der Waals surface area contributed by atoms with E-state index in [1.807, 2.05) is 0 Å². The first-order chi connectivity index (χ1) is 17.1. The molecule has 2 heterocycles. The van der Waals surface area contributed by atoms with Crippen LogP contribution in [0.5, 0.6) is 5.75 Å². The maximum atomic E-state index is 13.2. The highest BCUT2D eigenvalue weighted by molar-refractivity contribution is 7.79. The molecule has 1 N–H and O–H groups in total. The number of carbonyl (C=O) groups is 1. The molecular weight excluding hydrogens is 525 g/mol. The van der Waals surface area contributed by atoms with Gasteiger partial charge >= 0.3 is 6.18 Å². The van der Waals surface area contributed by atoms with Crippen LogP contribution in [-0.4, -0.2) is 61.7 Å². The maximum Gasteiger partial charge on any atom is 0.416 e. The number of ether oxygens (including phenoxy) is 2. The Morgan fingerprint density at radius 1 is 1.25 bits per heavy atom. The third-order valence-corrected chi connectivity index (χ3v) is 6.37. The van der Waals surface area contributed by atoms with Crippen LogP contribution in [0.3, 0.4) is 0 Å². The number of methoxy groups -OCH3 is 1. The molecule has 14 heteroatoms. The molecule has 0 saturated carbocycles. The van der Waals surface area contributed by atoms with Crippen molar-refractivity contribution in [3.63, 3.8) is 0 Å². The van der Waals surface area contributed by atoms with Crippen LogP contribution in [0.25, 0.3) is 16.9 Å². The Labute approximate surface area is 211 Å². The minimum atomic E-state index is -4.53. The molecule has 1 aliphatic heterocycles. The lowest BCUT2D eigenvalue weighted by molar-refractivity contribution is -0.137. The van der Waals surface area contributed by atoms with Gasteiger partial charge in [0.05, 0.1) is 36.5 Å². The van der Waals surface area contributed by atoms with Crippen molar-refractivity contribution in [3.05, 3.63) is 64.8 Å². The number of para-hydroxylation sites is 1. The van der Waals surface area contributed by atoms with Crippen LogP contribution >= 0.6 is 11.6 Å². The topological polar surface area (TPSA) is 109 Å². The summed E-state index contributed by atoms with van der Waals surface area (Å²) in [5.41, 5.74) is 1.29. The van der Waals surface area contributed by atoms with Crippen molar-refractivity contribution in [2.24, 2.45) is 0 Å². The van der Waals surface area contributed by atoms with E-state index < -0.39 is 34.2 Å². The molecular formula is C22H19ClF3N4O5S-. The number of morpholine rings is 1. The van der Waals surface area contributed by atoms with Crippen LogP contribution < -0.4 is 10.2 Å². The molecule has 1 saturated heterocycles. The summed E-state index contributed by atoms with van der Waals surface area (Å²) < 4.78 is 73.8. The summed E-state index contributed by atoms with van der Waals surface area (Å²) in [5, 5.41) is 6.02. The molecule has 36 heavy (non-hydrogen) atoms. The third-order valence-electron chi connectivity index (χ3n) is 5.34. The van der Waals surface area contributed by atoms with Gasteiger partial charge in [-0.15, -0.1) is 0 Å². The normalized spacial score (nSPS) is 17.6. The Kier molecular flexibility index (Phi) is 7.66. The van der Waals surface area contributed by atoms with Gasteiger partial charge in [-0.2, -0.15) is 18.3 Å². The standard InChI is InChI=1S/C22H20ClF3N4O5S/c1-34-20-18(21(31)28-29-10-11-35-17(12-29)36(32)33)27-30(16-5-3-2-4-15(16)23)19(20)13-6-8-14(9-7-13)22(24,25)26/h2-9,17H,10-12H2,1H3,(H,28,31)(H,32,33)/p-1. The van der Waals surface area contributed by atoms with Crippen LogP contribution in [0, 0.1) is 0 Å². The largest absolute Gasteiger partial charge is 0.770 e. The average molecular weight is 544 g/mol.